The van der Waals surface area contributed by atoms with Crippen LogP contribution in [0, 0.1) is 18.3 Å². The second kappa shape index (κ2) is 9.09. The summed E-state index contributed by atoms with van der Waals surface area (Å²) in [7, 11) is 1.57. The minimum absolute atomic E-state index is 0.0561. The molecule has 0 saturated heterocycles. The maximum atomic E-state index is 11.6. The van der Waals surface area contributed by atoms with Gasteiger partial charge in [-0.15, -0.1) is 0 Å². The van der Waals surface area contributed by atoms with Gasteiger partial charge in [0.2, 0.25) is 0 Å². The Labute approximate surface area is 173 Å². The van der Waals surface area contributed by atoms with E-state index in [9.17, 15) is 4.79 Å². The maximum absolute atomic E-state index is 11.6. The van der Waals surface area contributed by atoms with Gasteiger partial charge in [-0.1, -0.05) is 41.9 Å². The van der Waals surface area contributed by atoms with E-state index in [0.29, 0.717) is 34.4 Å². The highest BCUT2D eigenvalue weighted by molar-refractivity contribution is 6.31. The Balaban J connectivity index is 1.80. The van der Waals surface area contributed by atoms with Gasteiger partial charge < -0.3 is 9.47 Å². The van der Waals surface area contributed by atoms with Crippen LogP contribution in [0.2, 0.25) is 5.02 Å². The second-order valence-electron chi connectivity index (χ2n) is 6.17. The van der Waals surface area contributed by atoms with Crippen molar-refractivity contribution in [1.29, 1.82) is 5.26 Å². The van der Waals surface area contributed by atoms with Crippen LogP contribution < -0.4 is 15.0 Å². The molecule has 0 amide bonds. The fraction of sp³-hybridized carbons (Fsp3) is 0.136. The lowest BCUT2D eigenvalue weighted by Crippen LogP contribution is -2.15. The van der Waals surface area contributed by atoms with Crippen molar-refractivity contribution in [3.63, 3.8) is 0 Å². The molecule has 0 fully saturated rings. The smallest absolute Gasteiger partial charge is 0.282 e. The number of aromatic amines is 1. The van der Waals surface area contributed by atoms with Crippen molar-refractivity contribution in [2.45, 2.75) is 13.5 Å². The van der Waals surface area contributed by atoms with Gasteiger partial charge in [-0.3, -0.25) is 4.79 Å². The number of aromatic nitrogens is 2. The van der Waals surface area contributed by atoms with Crippen LogP contribution in [0.1, 0.15) is 27.9 Å². The van der Waals surface area contributed by atoms with E-state index in [2.05, 4.69) is 10.2 Å². The minimum Gasteiger partial charge on any atom is -0.493 e. The third-order valence-electron chi connectivity index (χ3n) is 4.34. The fourth-order valence-corrected chi connectivity index (χ4v) is 2.89. The molecule has 2 aromatic carbocycles. The summed E-state index contributed by atoms with van der Waals surface area (Å²) in [6.07, 6.45) is 3.54. The largest absolute Gasteiger partial charge is 0.493 e. The number of methoxy groups -OCH3 is 1. The molecular weight excluding hydrogens is 390 g/mol. The van der Waals surface area contributed by atoms with Crippen LogP contribution in [0.15, 0.2) is 47.3 Å². The lowest BCUT2D eigenvalue weighted by Gasteiger charge is -2.12. The monoisotopic (exact) mass is 407 g/mol. The molecule has 3 aromatic rings. The number of halogens is 1. The summed E-state index contributed by atoms with van der Waals surface area (Å²) in [5.74, 6) is 1.16. The molecule has 0 saturated carbocycles. The van der Waals surface area contributed by atoms with E-state index in [1.807, 2.05) is 54.6 Å². The van der Waals surface area contributed by atoms with Gasteiger partial charge in [0.15, 0.2) is 11.5 Å². The molecule has 0 aliphatic carbocycles. The third-order valence-corrected chi connectivity index (χ3v) is 4.71. The maximum Gasteiger partial charge on any atom is 0.282 e. The first-order valence-electron chi connectivity index (χ1n) is 8.75. The zero-order valence-corrected chi connectivity index (χ0v) is 16.7. The number of hydrogen-bond donors (Lipinski definition) is 1. The number of nitrogens with one attached hydrogen (secondary N) is 1. The summed E-state index contributed by atoms with van der Waals surface area (Å²) in [6, 6.07) is 14.9. The van der Waals surface area contributed by atoms with Crippen LogP contribution in [-0.4, -0.2) is 17.3 Å². The van der Waals surface area contributed by atoms with Gasteiger partial charge in [-0.05, 0) is 42.3 Å². The Morgan fingerprint density at radius 1 is 1.21 bits per heavy atom. The highest BCUT2D eigenvalue weighted by Gasteiger charge is 2.09. The molecule has 0 radical (unpaired) electrons. The van der Waals surface area contributed by atoms with Crippen LogP contribution in [0.3, 0.4) is 0 Å². The highest BCUT2D eigenvalue weighted by Crippen LogP contribution is 2.30. The Morgan fingerprint density at radius 3 is 2.72 bits per heavy atom. The van der Waals surface area contributed by atoms with E-state index in [4.69, 9.17) is 26.3 Å². The van der Waals surface area contributed by atoms with E-state index in [1.54, 1.807) is 20.1 Å². The first kappa shape index (κ1) is 20.2. The average Bonchev–Trinajstić information content (AvgIpc) is 2.73. The normalized spacial score (nSPS) is 10.7. The third kappa shape index (κ3) is 4.65. The predicted molar refractivity (Wildman–Crippen MR) is 112 cm³/mol. The van der Waals surface area contributed by atoms with Crippen LogP contribution >= 0.6 is 11.6 Å². The molecule has 1 aromatic heterocycles. The van der Waals surface area contributed by atoms with Crippen molar-refractivity contribution in [3.05, 3.63) is 85.8 Å². The number of benzene rings is 2. The Hall–Kier alpha value is -3.56. The average molecular weight is 408 g/mol. The van der Waals surface area contributed by atoms with Crippen LogP contribution in [0.5, 0.6) is 11.5 Å². The quantitative estimate of drug-likeness (QED) is 0.655. The Morgan fingerprint density at radius 2 is 2.00 bits per heavy atom. The summed E-state index contributed by atoms with van der Waals surface area (Å²) >= 11 is 6.16. The zero-order valence-electron chi connectivity index (χ0n) is 15.9. The summed E-state index contributed by atoms with van der Waals surface area (Å²) in [4.78, 5) is 11.6. The van der Waals surface area contributed by atoms with Gasteiger partial charge in [0.1, 0.15) is 18.2 Å². The van der Waals surface area contributed by atoms with Crippen molar-refractivity contribution in [2.24, 2.45) is 0 Å². The zero-order chi connectivity index (χ0) is 20.8. The molecule has 0 spiro atoms. The SMILES string of the molecule is COc1cc(/C=C/c2n[nH]c(=O)c(C#N)c2C)ccc1OCc1ccccc1Cl. The number of hydrogen-bond acceptors (Lipinski definition) is 5. The second-order valence-corrected chi connectivity index (χ2v) is 6.58. The summed E-state index contributed by atoms with van der Waals surface area (Å²) < 4.78 is 11.3. The number of nitrogens with zero attached hydrogens (tertiary/aromatic N) is 2. The van der Waals surface area contributed by atoms with E-state index in [0.717, 1.165) is 11.1 Å². The van der Waals surface area contributed by atoms with Crippen molar-refractivity contribution >= 4 is 23.8 Å². The minimum atomic E-state index is -0.496. The number of rotatable bonds is 6. The van der Waals surface area contributed by atoms with Gasteiger partial charge in [0, 0.05) is 10.6 Å². The number of nitriles is 1. The molecular formula is C22H18ClN3O3. The van der Waals surface area contributed by atoms with Crippen LogP contribution in [0.4, 0.5) is 0 Å². The molecule has 3 rings (SSSR count). The molecule has 1 N–H and O–H groups in total. The Bertz CT molecular complexity index is 1160. The lowest BCUT2D eigenvalue weighted by atomic mass is 10.1. The van der Waals surface area contributed by atoms with Gasteiger partial charge in [0.25, 0.3) is 5.56 Å². The first-order chi connectivity index (χ1) is 14.0. The summed E-state index contributed by atoms with van der Waals surface area (Å²) in [5.41, 5.74) is 2.33. The standard InChI is InChI=1S/C22H18ClN3O3/c1-14-17(12-24)22(27)26-25-19(14)9-7-15-8-10-20(21(11-15)28-2)29-13-16-5-3-4-6-18(16)23/h3-11H,13H2,1-2H3,(H,26,27)/b9-7+. The van der Waals surface area contributed by atoms with Crippen LogP contribution in [0.25, 0.3) is 12.2 Å². The predicted octanol–water partition coefficient (Wildman–Crippen LogP) is 4.36. The lowest BCUT2D eigenvalue weighted by molar-refractivity contribution is 0.284. The molecule has 146 valence electrons. The number of ether oxygens (including phenoxy) is 2. The molecule has 0 atom stereocenters. The van der Waals surface area contributed by atoms with Gasteiger partial charge >= 0.3 is 0 Å². The summed E-state index contributed by atoms with van der Waals surface area (Å²) in [6.45, 7) is 2.01. The molecule has 29 heavy (non-hydrogen) atoms. The van der Waals surface area contributed by atoms with E-state index in [-0.39, 0.29) is 5.56 Å². The van der Waals surface area contributed by atoms with Gasteiger partial charge in [0.05, 0.1) is 12.8 Å². The van der Waals surface area contributed by atoms with Crippen molar-refractivity contribution < 1.29 is 9.47 Å². The summed E-state index contributed by atoms with van der Waals surface area (Å²) in [5, 5.41) is 16.1. The molecule has 1 heterocycles. The number of H-pyrrole nitrogens is 1. The molecule has 7 heteroatoms. The van der Waals surface area contributed by atoms with Crippen LogP contribution in [-0.2, 0) is 6.61 Å². The van der Waals surface area contributed by atoms with Crippen molar-refractivity contribution in [2.75, 3.05) is 7.11 Å². The van der Waals surface area contributed by atoms with E-state index < -0.39 is 5.56 Å². The van der Waals surface area contributed by atoms with Crippen molar-refractivity contribution in [1.82, 2.24) is 10.2 Å². The van der Waals surface area contributed by atoms with Gasteiger partial charge in [-0.2, -0.15) is 10.4 Å². The molecule has 0 aliphatic heterocycles. The molecule has 6 nitrogen and oxygen atoms in total. The van der Waals surface area contributed by atoms with Crippen molar-refractivity contribution in [3.8, 4) is 17.6 Å². The van der Waals surface area contributed by atoms with Gasteiger partial charge in [-0.25, -0.2) is 5.10 Å². The fourth-order valence-electron chi connectivity index (χ4n) is 2.70. The highest BCUT2D eigenvalue weighted by atomic mass is 35.5. The van der Waals surface area contributed by atoms with E-state index in [1.165, 1.54) is 0 Å². The molecule has 0 unspecified atom stereocenters. The van der Waals surface area contributed by atoms with E-state index >= 15 is 0 Å². The topological polar surface area (TPSA) is 88.0 Å². The first-order valence-corrected chi connectivity index (χ1v) is 9.13. The molecule has 0 bridgehead atoms. The Kier molecular flexibility index (Phi) is 6.32. The molecule has 0 aliphatic rings.